The molecule has 0 bridgehead atoms. The van der Waals surface area contributed by atoms with Crippen molar-refractivity contribution in [3.63, 3.8) is 0 Å². The van der Waals surface area contributed by atoms with Gasteiger partial charge < -0.3 is 10.1 Å². The molecular weight excluding hydrogens is 349 g/mol. The minimum absolute atomic E-state index is 0.105. The van der Waals surface area contributed by atoms with Crippen LogP contribution in [0.1, 0.15) is 29.7 Å². The van der Waals surface area contributed by atoms with Crippen LogP contribution in [0.4, 0.5) is 4.39 Å². The first-order valence-corrected chi connectivity index (χ1v) is 8.94. The van der Waals surface area contributed by atoms with E-state index in [1.165, 1.54) is 11.6 Å². The Hall–Kier alpha value is -2.36. The lowest BCUT2D eigenvalue weighted by Gasteiger charge is -2.14. The Labute approximate surface area is 158 Å². The van der Waals surface area contributed by atoms with E-state index in [-0.39, 0.29) is 18.5 Å². The molecule has 0 aliphatic rings. The third-order valence-corrected chi connectivity index (χ3v) is 4.63. The molecule has 3 aromatic rings. The summed E-state index contributed by atoms with van der Waals surface area (Å²) in [5.74, 6) is 0.331. The Bertz CT molecular complexity index is 816. The summed E-state index contributed by atoms with van der Waals surface area (Å²) in [4.78, 5) is 0. The highest BCUT2D eigenvalue weighted by molar-refractivity contribution is 6.31. The Morgan fingerprint density at radius 2 is 1.69 bits per heavy atom. The Balaban J connectivity index is 1.54. The first kappa shape index (κ1) is 18.4. The van der Waals surface area contributed by atoms with Crippen LogP contribution in [0.5, 0.6) is 5.75 Å². The highest BCUT2D eigenvalue weighted by Gasteiger charge is 2.08. The molecule has 0 unspecified atom stereocenters. The molecule has 4 heteroatoms. The molecule has 1 N–H and O–H groups in total. The third kappa shape index (κ3) is 4.84. The summed E-state index contributed by atoms with van der Waals surface area (Å²) in [6.45, 7) is 3.01. The van der Waals surface area contributed by atoms with Crippen molar-refractivity contribution in [3.05, 3.63) is 100 Å². The van der Waals surface area contributed by atoms with Gasteiger partial charge in [0, 0.05) is 18.2 Å². The summed E-state index contributed by atoms with van der Waals surface area (Å²) in [5.41, 5.74) is 2.79. The molecule has 0 aromatic heterocycles. The second-order valence-corrected chi connectivity index (χ2v) is 6.55. The van der Waals surface area contributed by atoms with Crippen molar-refractivity contribution in [1.29, 1.82) is 0 Å². The number of rotatable bonds is 7. The van der Waals surface area contributed by atoms with Crippen LogP contribution in [0.25, 0.3) is 0 Å². The predicted molar refractivity (Wildman–Crippen MR) is 104 cm³/mol. The van der Waals surface area contributed by atoms with E-state index in [0.717, 1.165) is 12.1 Å². The van der Waals surface area contributed by atoms with Crippen LogP contribution in [-0.2, 0) is 13.2 Å². The number of hydrogen-bond donors (Lipinski definition) is 1. The number of halogens is 2. The van der Waals surface area contributed by atoms with E-state index in [4.69, 9.17) is 16.3 Å². The van der Waals surface area contributed by atoms with Crippen molar-refractivity contribution >= 4 is 11.6 Å². The van der Waals surface area contributed by atoms with Crippen LogP contribution in [0.3, 0.4) is 0 Å². The summed E-state index contributed by atoms with van der Waals surface area (Å²) in [6, 6.07) is 23.0. The monoisotopic (exact) mass is 369 g/mol. The zero-order valence-corrected chi connectivity index (χ0v) is 15.3. The van der Waals surface area contributed by atoms with Gasteiger partial charge >= 0.3 is 0 Å². The van der Waals surface area contributed by atoms with E-state index >= 15 is 0 Å². The number of benzene rings is 3. The quantitative estimate of drug-likeness (QED) is 0.559. The molecule has 0 saturated carbocycles. The van der Waals surface area contributed by atoms with E-state index in [0.29, 0.717) is 16.3 Å². The largest absolute Gasteiger partial charge is 0.489 e. The smallest absolute Gasteiger partial charge is 0.131 e. The number of hydrogen-bond acceptors (Lipinski definition) is 2. The topological polar surface area (TPSA) is 21.3 Å². The van der Waals surface area contributed by atoms with E-state index in [1.807, 2.05) is 42.5 Å². The van der Waals surface area contributed by atoms with E-state index in [1.54, 1.807) is 12.1 Å². The van der Waals surface area contributed by atoms with Gasteiger partial charge in [-0.05, 0) is 42.3 Å². The Kier molecular flexibility index (Phi) is 6.26. The lowest BCUT2D eigenvalue weighted by atomic mass is 10.1. The molecule has 0 aliphatic carbocycles. The molecule has 0 amide bonds. The van der Waals surface area contributed by atoms with E-state index in [9.17, 15) is 4.39 Å². The Morgan fingerprint density at radius 3 is 2.38 bits per heavy atom. The SMILES string of the molecule is C[C@H](NCc1ccc(OCc2c(F)cccc2Cl)cc1)c1ccccc1. The minimum atomic E-state index is -0.354. The molecule has 26 heavy (non-hydrogen) atoms. The van der Waals surface area contributed by atoms with Crippen molar-refractivity contribution in [1.82, 2.24) is 5.32 Å². The van der Waals surface area contributed by atoms with Crippen LogP contribution in [0.15, 0.2) is 72.8 Å². The molecule has 0 spiro atoms. The first-order chi connectivity index (χ1) is 12.6. The van der Waals surface area contributed by atoms with Crippen molar-refractivity contribution in [3.8, 4) is 5.75 Å². The van der Waals surface area contributed by atoms with Gasteiger partial charge in [0.2, 0.25) is 0 Å². The lowest BCUT2D eigenvalue weighted by molar-refractivity contribution is 0.300. The summed E-state index contributed by atoms with van der Waals surface area (Å²) >= 11 is 6.01. The van der Waals surface area contributed by atoms with Crippen molar-refractivity contribution in [2.24, 2.45) is 0 Å². The maximum Gasteiger partial charge on any atom is 0.131 e. The zero-order valence-electron chi connectivity index (χ0n) is 14.6. The van der Waals surface area contributed by atoms with Crippen LogP contribution < -0.4 is 10.1 Å². The highest BCUT2D eigenvalue weighted by Crippen LogP contribution is 2.22. The zero-order chi connectivity index (χ0) is 18.4. The van der Waals surface area contributed by atoms with Gasteiger partial charge in [0.05, 0.1) is 5.02 Å². The molecule has 3 rings (SSSR count). The molecule has 2 nitrogen and oxygen atoms in total. The van der Waals surface area contributed by atoms with Crippen LogP contribution in [0.2, 0.25) is 5.02 Å². The van der Waals surface area contributed by atoms with Crippen molar-refractivity contribution < 1.29 is 9.13 Å². The molecule has 0 radical (unpaired) electrons. The standard InChI is InChI=1S/C22H21ClFNO/c1-16(18-6-3-2-4-7-18)25-14-17-10-12-19(13-11-17)26-15-20-21(23)8-5-9-22(20)24/h2-13,16,25H,14-15H2,1H3/t16-/m0/s1. The van der Waals surface area contributed by atoms with Gasteiger partial charge in [0.15, 0.2) is 0 Å². The second kappa shape index (κ2) is 8.84. The van der Waals surface area contributed by atoms with Gasteiger partial charge in [-0.3, -0.25) is 0 Å². The third-order valence-electron chi connectivity index (χ3n) is 4.28. The fourth-order valence-electron chi connectivity index (χ4n) is 2.66. The maximum absolute atomic E-state index is 13.8. The second-order valence-electron chi connectivity index (χ2n) is 6.15. The average Bonchev–Trinajstić information content (AvgIpc) is 2.67. The molecule has 1 atom stereocenters. The summed E-state index contributed by atoms with van der Waals surface area (Å²) in [6.07, 6.45) is 0. The Morgan fingerprint density at radius 1 is 0.962 bits per heavy atom. The van der Waals surface area contributed by atoms with Gasteiger partial charge in [0.25, 0.3) is 0 Å². The molecule has 0 aliphatic heterocycles. The van der Waals surface area contributed by atoms with Crippen molar-refractivity contribution in [2.45, 2.75) is 26.1 Å². The van der Waals surface area contributed by atoms with Crippen LogP contribution in [0, 0.1) is 5.82 Å². The summed E-state index contributed by atoms with van der Waals surface area (Å²) in [5, 5.41) is 3.88. The van der Waals surface area contributed by atoms with E-state index < -0.39 is 0 Å². The molecule has 134 valence electrons. The number of ether oxygens (including phenoxy) is 1. The molecular formula is C22H21ClFNO. The fraction of sp³-hybridized carbons (Fsp3) is 0.182. The normalized spacial score (nSPS) is 12.0. The predicted octanol–water partition coefficient (Wildman–Crippen LogP) is 5.91. The van der Waals surface area contributed by atoms with Gasteiger partial charge in [-0.15, -0.1) is 0 Å². The first-order valence-electron chi connectivity index (χ1n) is 8.56. The lowest BCUT2D eigenvalue weighted by Crippen LogP contribution is -2.17. The fourth-order valence-corrected chi connectivity index (χ4v) is 2.88. The molecule has 0 heterocycles. The van der Waals surface area contributed by atoms with Gasteiger partial charge in [-0.25, -0.2) is 4.39 Å². The molecule has 0 saturated heterocycles. The van der Waals surface area contributed by atoms with Gasteiger partial charge in [-0.2, -0.15) is 0 Å². The highest BCUT2D eigenvalue weighted by atomic mass is 35.5. The van der Waals surface area contributed by atoms with Gasteiger partial charge in [-0.1, -0.05) is 60.1 Å². The van der Waals surface area contributed by atoms with Gasteiger partial charge in [0.1, 0.15) is 18.2 Å². The van der Waals surface area contributed by atoms with Crippen LogP contribution >= 0.6 is 11.6 Å². The number of nitrogens with one attached hydrogen (secondary N) is 1. The van der Waals surface area contributed by atoms with Crippen LogP contribution in [-0.4, -0.2) is 0 Å². The maximum atomic E-state index is 13.8. The average molecular weight is 370 g/mol. The molecule has 0 fully saturated rings. The molecule has 3 aromatic carbocycles. The minimum Gasteiger partial charge on any atom is -0.489 e. The van der Waals surface area contributed by atoms with E-state index in [2.05, 4.69) is 24.4 Å². The summed E-state index contributed by atoms with van der Waals surface area (Å²) < 4.78 is 19.4. The van der Waals surface area contributed by atoms with Crippen molar-refractivity contribution in [2.75, 3.05) is 0 Å². The summed E-state index contributed by atoms with van der Waals surface area (Å²) in [7, 11) is 0.